The number of aromatic nitrogens is 2. The van der Waals surface area contributed by atoms with Crippen molar-refractivity contribution in [3.8, 4) is 17.0 Å². The van der Waals surface area contributed by atoms with Crippen molar-refractivity contribution in [1.29, 1.82) is 0 Å². The zero-order chi connectivity index (χ0) is 20.8. The zero-order valence-corrected chi connectivity index (χ0v) is 15.2. The molecule has 0 saturated heterocycles. The van der Waals surface area contributed by atoms with E-state index in [0.29, 0.717) is 5.69 Å². The maximum absolute atomic E-state index is 12.1. The molecule has 3 aromatic rings. The molecule has 0 spiro atoms. The molecule has 1 aromatic heterocycles. The Morgan fingerprint density at radius 2 is 1.93 bits per heavy atom. The van der Waals surface area contributed by atoms with Gasteiger partial charge in [-0.2, -0.15) is 5.10 Å². The van der Waals surface area contributed by atoms with E-state index in [1.165, 1.54) is 31.4 Å². The van der Waals surface area contributed by atoms with Gasteiger partial charge in [0.1, 0.15) is 11.4 Å². The topological polar surface area (TPSA) is 136 Å². The number of ether oxygens (including phenoxy) is 2. The van der Waals surface area contributed by atoms with E-state index in [0.717, 1.165) is 5.56 Å². The molecule has 0 atom stereocenters. The van der Waals surface area contributed by atoms with Gasteiger partial charge in [-0.05, 0) is 12.1 Å². The highest BCUT2D eigenvalue weighted by Gasteiger charge is 2.16. The van der Waals surface area contributed by atoms with Crippen LogP contribution in [-0.2, 0) is 9.53 Å². The summed E-state index contributed by atoms with van der Waals surface area (Å²) in [5.41, 5.74) is 1.53. The minimum Gasteiger partial charge on any atom is -0.494 e. The number of H-pyrrole nitrogens is 1. The number of aromatic amines is 1. The fourth-order valence-corrected chi connectivity index (χ4v) is 2.47. The Morgan fingerprint density at radius 1 is 1.17 bits per heavy atom. The fourth-order valence-electron chi connectivity index (χ4n) is 2.47. The molecule has 148 valence electrons. The third kappa shape index (κ3) is 4.75. The van der Waals surface area contributed by atoms with Crippen molar-refractivity contribution in [2.24, 2.45) is 0 Å². The van der Waals surface area contributed by atoms with Crippen molar-refractivity contribution < 1.29 is 24.0 Å². The predicted molar refractivity (Wildman–Crippen MR) is 103 cm³/mol. The minimum absolute atomic E-state index is 0.101. The van der Waals surface area contributed by atoms with Gasteiger partial charge in [-0.25, -0.2) is 4.79 Å². The second-order valence-electron chi connectivity index (χ2n) is 5.80. The summed E-state index contributed by atoms with van der Waals surface area (Å²) in [5.74, 6) is -1.27. The van der Waals surface area contributed by atoms with Crippen LogP contribution in [0.1, 0.15) is 10.5 Å². The van der Waals surface area contributed by atoms with Crippen molar-refractivity contribution in [1.82, 2.24) is 10.2 Å². The summed E-state index contributed by atoms with van der Waals surface area (Å²) in [5, 5.41) is 19.9. The number of nitro benzene ring substituents is 1. The first-order valence-electron chi connectivity index (χ1n) is 8.38. The molecule has 0 fully saturated rings. The van der Waals surface area contributed by atoms with Crippen molar-refractivity contribution in [2.45, 2.75) is 0 Å². The zero-order valence-electron chi connectivity index (χ0n) is 15.2. The fraction of sp³-hybridized carbons (Fsp3) is 0.105. The molecule has 1 amide bonds. The normalized spacial score (nSPS) is 10.2. The lowest BCUT2D eigenvalue weighted by atomic mass is 10.1. The van der Waals surface area contributed by atoms with Crippen LogP contribution >= 0.6 is 0 Å². The molecule has 0 saturated carbocycles. The quantitative estimate of drug-likeness (QED) is 0.356. The van der Waals surface area contributed by atoms with E-state index in [9.17, 15) is 19.7 Å². The largest absolute Gasteiger partial charge is 0.494 e. The molecule has 0 aliphatic rings. The summed E-state index contributed by atoms with van der Waals surface area (Å²) < 4.78 is 10.0. The summed E-state index contributed by atoms with van der Waals surface area (Å²) in [6.45, 7) is -0.557. The number of hydrogen-bond donors (Lipinski definition) is 2. The van der Waals surface area contributed by atoms with Crippen LogP contribution in [0.15, 0.2) is 54.6 Å². The first-order chi connectivity index (χ1) is 14.0. The van der Waals surface area contributed by atoms with Gasteiger partial charge in [-0.15, -0.1) is 0 Å². The molecule has 0 aliphatic heterocycles. The Kier molecular flexibility index (Phi) is 5.83. The molecule has 2 N–H and O–H groups in total. The highest BCUT2D eigenvalue weighted by Crippen LogP contribution is 2.28. The smallest absolute Gasteiger partial charge is 0.356 e. The van der Waals surface area contributed by atoms with Crippen molar-refractivity contribution in [2.75, 3.05) is 19.0 Å². The lowest BCUT2D eigenvalue weighted by Gasteiger charge is -2.10. The molecular weight excluding hydrogens is 380 g/mol. The van der Waals surface area contributed by atoms with E-state index < -0.39 is 23.4 Å². The van der Waals surface area contributed by atoms with Crippen LogP contribution in [0.5, 0.6) is 5.75 Å². The number of nitrogens with zero attached hydrogens (tertiary/aromatic N) is 2. The average Bonchev–Trinajstić information content (AvgIpc) is 3.23. The Bertz CT molecular complexity index is 1050. The van der Waals surface area contributed by atoms with Gasteiger partial charge in [-0.1, -0.05) is 30.3 Å². The summed E-state index contributed by atoms with van der Waals surface area (Å²) in [6, 6.07) is 14.5. The van der Waals surface area contributed by atoms with Gasteiger partial charge < -0.3 is 14.8 Å². The van der Waals surface area contributed by atoms with Crippen molar-refractivity contribution >= 4 is 23.3 Å². The van der Waals surface area contributed by atoms with Gasteiger partial charge in [0.25, 0.3) is 11.6 Å². The van der Waals surface area contributed by atoms with E-state index in [1.807, 2.05) is 30.3 Å². The number of esters is 1. The van der Waals surface area contributed by atoms with Crippen LogP contribution in [0, 0.1) is 10.1 Å². The molecule has 1 heterocycles. The number of methoxy groups -OCH3 is 1. The van der Waals surface area contributed by atoms with Crippen molar-refractivity contribution in [3.63, 3.8) is 0 Å². The number of nitro groups is 1. The number of non-ortho nitro benzene ring substituents is 1. The highest BCUT2D eigenvalue weighted by molar-refractivity contribution is 5.96. The predicted octanol–water partition coefficient (Wildman–Crippen LogP) is 2.79. The van der Waals surface area contributed by atoms with Gasteiger partial charge >= 0.3 is 5.97 Å². The highest BCUT2D eigenvalue weighted by atomic mass is 16.6. The maximum atomic E-state index is 12.1. The Balaban J connectivity index is 1.59. The first-order valence-corrected chi connectivity index (χ1v) is 8.38. The SMILES string of the molecule is COc1cc([N+](=O)[O-])ccc1NC(=O)COC(=O)c1cc(-c2ccccc2)n[nH]1. The molecule has 0 unspecified atom stereocenters. The summed E-state index contributed by atoms with van der Waals surface area (Å²) >= 11 is 0. The lowest BCUT2D eigenvalue weighted by Crippen LogP contribution is -2.21. The number of benzene rings is 2. The van der Waals surface area contributed by atoms with E-state index in [4.69, 9.17) is 9.47 Å². The van der Waals surface area contributed by atoms with Crippen LogP contribution in [0.2, 0.25) is 0 Å². The number of rotatable bonds is 7. The number of carbonyl (C=O) groups excluding carboxylic acids is 2. The van der Waals surface area contributed by atoms with Crippen LogP contribution in [0.4, 0.5) is 11.4 Å². The first kappa shape index (κ1) is 19.5. The second kappa shape index (κ2) is 8.65. The number of nitrogens with one attached hydrogen (secondary N) is 2. The van der Waals surface area contributed by atoms with E-state index >= 15 is 0 Å². The molecule has 3 rings (SSSR count). The standard InChI is InChI=1S/C19H16N4O6/c1-28-17-9-13(23(26)27)7-8-14(17)20-18(24)11-29-19(25)16-10-15(21-22-16)12-5-3-2-4-6-12/h2-10H,11H2,1H3,(H,20,24)(H,21,22). The van der Waals surface area contributed by atoms with E-state index in [2.05, 4.69) is 15.5 Å². The third-order valence-electron chi connectivity index (χ3n) is 3.87. The summed E-state index contributed by atoms with van der Waals surface area (Å²) in [7, 11) is 1.32. The van der Waals surface area contributed by atoms with Gasteiger partial charge in [0, 0.05) is 11.6 Å². The number of carbonyl (C=O) groups is 2. The van der Waals surface area contributed by atoms with Crippen LogP contribution < -0.4 is 10.1 Å². The second-order valence-corrected chi connectivity index (χ2v) is 5.80. The molecule has 10 nitrogen and oxygen atoms in total. The maximum Gasteiger partial charge on any atom is 0.356 e. The molecule has 0 aliphatic carbocycles. The molecule has 10 heteroatoms. The summed E-state index contributed by atoms with van der Waals surface area (Å²) in [4.78, 5) is 34.4. The molecular formula is C19H16N4O6. The lowest BCUT2D eigenvalue weighted by molar-refractivity contribution is -0.384. The number of hydrogen-bond acceptors (Lipinski definition) is 7. The van der Waals surface area contributed by atoms with Crippen LogP contribution in [-0.4, -0.2) is 40.7 Å². The van der Waals surface area contributed by atoms with Crippen molar-refractivity contribution in [3.05, 3.63) is 70.4 Å². The van der Waals surface area contributed by atoms with Crippen LogP contribution in [0.25, 0.3) is 11.3 Å². The Morgan fingerprint density at radius 3 is 2.62 bits per heavy atom. The molecule has 0 bridgehead atoms. The average molecular weight is 396 g/mol. The molecule has 0 radical (unpaired) electrons. The minimum atomic E-state index is -0.745. The van der Waals surface area contributed by atoms with Gasteiger partial charge in [0.05, 0.1) is 29.5 Å². The molecule has 29 heavy (non-hydrogen) atoms. The number of amides is 1. The van der Waals surface area contributed by atoms with Crippen LogP contribution in [0.3, 0.4) is 0 Å². The Labute approximate surface area is 164 Å². The van der Waals surface area contributed by atoms with Gasteiger partial charge in [0.2, 0.25) is 0 Å². The third-order valence-corrected chi connectivity index (χ3v) is 3.87. The summed E-state index contributed by atoms with van der Waals surface area (Å²) in [6.07, 6.45) is 0. The van der Waals surface area contributed by atoms with E-state index in [1.54, 1.807) is 0 Å². The monoisotopic (exact) mass is 396 g/mol. The van der Waals surface area contributed by atoms with E-state index in [-0.39, 0.29) is 22.8 Å². The van der Waals surface area contributed by atoms with Gasteiger partial charge in [0.15, 0.2) is 6.61 Å². The number of anilines is 1. The molecule has 2 aromatic carbocycles. The Hall–Kier alpha value is -4.21. The van der Waals surface area contributed by atoms with Gasteiger partial charge in [-0.3, -0.25) is 20.0 Å².